The lowest BCUT2D eigenvalue weighted by Crippen LogP contribution is -1.98. The first-order chi connectivity index (χ1) is 8.16. The van der Waals surface area contributed by atoms with E-state index in [-0.39, 0.29) is 0 Å². The summed E-state index contributed by atoms with van der Waals surface area (Å²) in [6.45, 7) is 0. The minimum Gasteiger partial charge on any atom is -0.383 e. The fraction of sp³-hybridized carbons (Fsp3) is 0.154. The summed E-state index contributed by atoms with van der Waals surface area (Å²) in [7, 11) is 3.89. The summed E-state index contributed by atoms with van der Waals surface area (Å²) in [4.78, 5) is 0. The molecular formula is C13H14N4. The number of hydrogen-bond acceptors (Lipinski definition) is 2. The second-order valence-corrected chi connectivity index (χ2v) is 4.27. The normalized spacial score (nSPS) is 11.2. The van der Waals surface area contributed by atoms with E-state index < -0.39 is 0 Å². The van der Waals surface area contributed by atoms with E-state index >= 15 is 0 Å². The Morgan fingerprint density at radius 1 is 1.18 bits per heavy atom. The molecule has 4 nitrogen and oxygen atoms in total. The molecule has 86 valence electrons. The van der Waals surface area contributed by atoms with E-state index in [1.165, 1.54) is 10.9 Å². The summed E-state index contributed by atoms with van der Waals surface area (Å²) in [6.07, 6.45) is 3.86. The van der Waals surface area contributed by atoms with Crippen LogP contribution in [0.2, 0.25) is 0 Å². The van der Waals surface area contributed by atoms with Gasteiger partial charge < -0.3 is 10.3 Å². The monoisotopic (exact) mass is 226 g/mol. The van der Waals surface area contributed by atoms with E-state index in [2.05, 4.69) is 40.1 Å². The summed E-state index contributed by atoms with van der Waals surface area (Å²) in [5, 5.41) is 5.40. The van der Waals surface area contributed by atoms with Gasteiger partial charge in [-0.05, 0) is 23.1 Å². The fourth-order valence-corrected chi connectivity index (χ4v) is 2.10. The number of aromatic nitrogens is 3. The number of nitrogen functional groups attached to an aromatic ring is 1. The maximum atomic E-state index is 5.99. The average Bonchev–Trinajstić information content (AvgIpc) is 2.85. The van der Waals surface area contributed by atoms with Crippen LogP contribution in [0.3, 0.4) is 0 Å². The molecule has 0 unspecified atom stereocenters. The van der Waals surface area contributed by atoms with E-state index in [9.17, 15) is 0 Å². The van der Waals surface area contributed by atoms with E-state index in [4.69, 9.17) is 5.73 Å². The lowest BCUT2D eigenvalue weighted by atomic mass is 10.1. The minimum absolute atomic E-state index is 0.693. The highest BCUT2D eigenvalue weighted by molar-refractivity contribution is 5.87. The SMILES string of the molecule is Cn1ncc(-c2ccc3ccn(C)c3c2)c1N. The molecule has 2 aromatic heterocycles. The second-order valence-electron chi connectivity index (χ2n) is 4.27. The van der Waals surface area contributed by atoms with Gasteiger partial charge in [0.25, 0.3) is 0 Å². The number of fused-ring (bicyclic) bond motifs is 1. The van der Waals surface area contributed by atoms with Gasteiger partial charge in [0.05, 0.1) is 6.20 Å². The molecule has 0 atom stereocenters. The molecule has 2 heterocycles. The fourth-order valence-electron chi connectivity index (χ4n) is 2.10. The van der Waals surface area contributed by atoms with Gasteiger partial charge in [0, 0.05) is 31.4 Å². The van der Waals surface area contributed by atoms with Crippen molar-refractivity contribution in [2.45, 2.75) is 0 Å². The molecule has 3 rings (SSSR count). The Morgan fingerprint density at radius 2 is 2.00 bits per heavy atom. The first kappa shape index (κ1) is 9.96. The highest BCUT2D eigenvalue weighted by atomic mass is 15.3. The number of nitrogens with zero attached hydrogens (tertiary/aromatic N) is 3. The Hall–Kier alpha value is -2.23. The van der Waals surface area contributed by atoms with Crippen LogP contribution in [0.1, 0.15) is 0 Å². The zero-order chi connectivity index (χ0) is 12.0. The molecule has 17 heavy (non-hydrogen) atoms. The van der Waals surface area contributed by atoms with Crippen molar-refractivity contribution >= 4 is 16.7 Å². The van der Waals surface area contributed by atoms with Gasteiger partial charge in [-0.25, -0.2) is 0 Å². The van der Waals surface area contributed by atoms with Crippen LogP contribution in [-0.4, -0.2) is 14.3 Å². The second kappa shape index (κ2) is 3.38. The molecule has 0 saturated heterocycles. The van der Waals surface area contributed by atoms with Gasteiger partial charge in [-0.3, -0.25) is 4.68 Å². The molecule has 0 aliphatic carbocycles. The summed E-state index contributed by atoms with van der Waals surface area (Å²) >= 11 is 0. The van der Waals surface area contributed by atoms with Crippen LogP contribution in [0.4, 0.5) is 5.82 Å². The molecule has 3 aromatic rings. The molecule has 0 spiro atoms. The van der Waals surface area contributed by atoms with Crippen LogP contribution >= 0.6 is 0 Å². The Bertz CT molecular complexity index is 691. The number of anilines is 1. The number of nitrogens with two attached hydrogens (primary N) is 1. The summed E-state index contributed by atoms with van der Waals surface area (Å²) < 4.78 is 3.79. The maximum absolute atomic E-state index is 5.99. The quantitative estimate of drug-likeness (QED) is 0.691. The zero-order valence-corrected chi connectivity index (χ0v) is 9.88. The van der Waals surface area contributed by atoms with Crippen molar-refractivity contribution in [3.8, 4) is 11.1 Å². The van der Waals surface area contributed by atoms with Gasteiger partial charge in [-0.15, -0.1) is 0 Å². The predicted molar refractivity (Wildman–Crippen MR) is 69.5 cm³/mol. The Labute approximate surface area is 99.3 Å². The number of rotatable bonds is 1. The lowest BCUT2D eigenvalue weighted by molar-refractivity contribution is 0.779. The van der Waals surface area contributed by atoms with Crippen LogP contribution in [0.15, 0.2) is 36.7 Å². The van der Waals surface area contributed by atoms with Crippen molar-refractivity contribution in [1.29, 1.82) is 0 Å². The van der Waals surface area contributed by atoms with Crippen LogP contribution in [0.25, 0.3) is 22.0 Å². The molecule has 1 aromatic carbocycles. The molecule has 0 fully saturated rings. The molecule has 0 amide bonds. The van der Waals surface area contributed by atoms with Crippen molar-refractivity contribution < 1.29 is 0 Å². The molecule has 2 N–H and O–H groups in total. The van der Waals surface area contributed by atoms with Gasteiger partial charge in [-0.2, -0.15) is 5.10 Å². The summed E-state index contributed by atoms with van der Waals surface area (Å²) in [6, 6.07) is 8.43. The van der Waals surface area contributed by atoms with Crippen molar-refractivity contribution in [2.24, 2.45) is 14.1 Å². The number of aryl methyl sites for hydroxylation is 2. The third kappa shape index (κ3) is 1.41. The van der Waals surface area contributed by atoms with Gasteiger partial charge in [0.2, 0.25) is 0 Å². The van der Waals surface area contributed by atoms with Gasteiger partial charge in [-0.1, -0.05) is 12.1 Å². The Morgan fingerprint density at radius 3 is 2.71 bits per heavy atom. The number of benzene rings is 1. The van der Waals surface area contributed by atoms with Crippen molar-refractivity contribution in [3.63, 3.8) is 0 Å². The standard InChI is InChI=1S/C13H14N4/c1-16-6-5-9-3-4-10(7-12(9)16)11-8-15-17(2)13(11)14/h3-8H,14H2,1-2H3. The predicted octanol–water partition coefficient (Wildman–Crippen LogP) is 2.16. The molecule has 0 saturated carbocycles. The van der Waals surface area contributed by atoms with E-state index in [1.54, 1.807) is 10.9 Å². The smallest absolute Gasteiger partial charge is 0.129 e. The summed E-state index contributed by atoms with van der Waals surface area (Å²) in [5.41, 5.74) is 9.27. The van der Waals surface area contributed by atoms with Gasteiger partial charge in [0.15, 0.2) is 0 Å². The first-order valence-electron chi connectivity index (χ1n) is 5.50. The van der Waals surface area contributed by atoms with Crippen LogP contribution in [-0.2, 0) is 14.1 Å². The van der Waals surface area contributed by atoms with E-state index in [1.807, 2.05) is 14.1 Å². The third-order valence-corrected chi connectivity index (χ3v) is 3.18. The molecule has 0 aliphatic rings. The van der Waals surface area contributed by atoms with Crippen LogP contribution in [0, 0.1) is 0 Å². The Balaban J connectivity index is 2.24. The molecule has 0 bridgehead atoms. The van der Waals surface area contributed by atoms with E-state index in [0.717, 1.165) is 11.1 Å². The molecule has 4 heteroatoms. The van der Waals surface area contributed by atoms with E-state index in [0.29, 0.717) is 5.82 Å². The van der Waals surface area contributed by atoms with Crippen LogP contribution < -0.4 is 5.73 Å². The molecule has 0 aliphatic heterocycles. The topological polar surface area (TPSA) is 48.8 Å². The highest BCUT2D eigenvalue weighted by Crippen LogP contribution is 2.28. The van der Waals surface area contributed by atoms with Crippen molar-refractivity contribution in [2.75, 3.05) is 5.73 Å². The van der Waals surface area contributed by atoms with Crippen molar-refractivity contribution in [3.05, 3.63) is 36.7 Å². The minimum atomic E-state index is 0.693. The maximum Gasteiger partial charge on any atom is 0.129 e. The largest absolute Gasteiger partial charge is 0.383 e. The van der Waals surface area contributed by atoms with Crippen molar-refractivity contribution in [1.82, 2.24) is 14.3 Å². The summed E-state index contributed by atoms with van der Waals surface area (Å²) in [5.74, 6) is 0.693. The van der Waals surface area contributed by atoms with Gasteiger partial charge >= 0.3 is 0 Å². The lowest BCUT2D eigenvalue weighted by Gasteiger charge is -2.03. The first-order valence-corrected chi connectivity index (χ1v) is 5.50. The zero-order valence-electron chi connectivity index (χ0n) is 9.88. The van der Waals surface area contributed by atoms with Crippen LogP contribution in [0.5, 0.6) is 0 Å². The highest BCUT2D eigenvalue weighted by Gasteiger charge is 2.08. The number of hydrogen-bond donors (Lipinski definition) is 1. The van der Waals surface area contributed by atoms with Gasteiger partial charge in [0.1, 0.15) is 5.82 Å². The molecular weight excluding hydrogens is 212 g/mol. The third-order valence-electron chi connectivity index (χ3n) is 3.18. The average molecular weight is 226 g/mol. The molecule has 0 radical (unpaired) electrons. The Kier molecular flexibility index (Phi) is 1.98.